The Kier molecular flexibility index (Phi) is 5.89. The van der Waals surface area contributed by atoms with Crippen molar-refractivity contribution in [2.75, 3.05) is 0 Å². The highest BCUT2D eigenvalue weighted by molar-refractivity contribution is 5.87. The zero-order chi connectivity index (χ0) is 13.7. The summed E-state index contributed by atoms with van der Waals surface area (Å²) >= 11 is 0. The summed E-state index contributed by atoms with van der Waals surface area (Å²) in [5.41, 5.74) is 0.746. The zero-order valence-corrected chi connectivity index (χ0v) is 12.1. The molecule has 0 rings (SSSR count). The molecule has 0 N–H and O–H groups in total. The molecule has 0 saturated heterocycles. The smallest absolute Gasteiger partial charge is 0.293 e. The minimum Gasteiger partial charge on any atom is -0.293 e. The van der Waals surface area contributed by atoms with Crippen molar-refractivity contribution in [1.29, 1.82) is 0 Å². The average Bonchev–Trinajstić information content (AvgIpc) is 2.08. The number of allylic oxidation sites excluding steroid dienone is 1. The van der Waals surface area contributed by atoms with Crippen LogP contribution >= 0.6 is 0 Å². The Morgan fingerprint density at radius 2 is 1.71 bits per heavy atom. The van der Waals surface area contributed by atoms with Gasteiger partial charge >= 0.3 is 5.97 Å². The van der Waals surface area contributed by atoms with E-state index >= 15 is 0 Å². The summed E-state index contributed by atoms with van der Waals surface area (Å²) in [6.07, 6.45) is 2.94. The van der Waals surface area contributed by atoms with E-state index in [0.29, 0.717) is 5.57 Å². The maximum absolute atomic E-state index is 11.5. The van der Waals surface area contributed by atoms with Crippen LogP contribution in [0.2, 0.25) is 0 Å². The van der Waals surface area contributed by atoms with Gasteiger partial charge in [0, 0.05) is 5.57 Å². The Hall–Kier alpha value is -0.830. The van der Waals surface area contributed by atoms with Gasteiger partial charge in [0.05, 0.1) is 0 Å². The predicted octanol–water partition coefficient (Wildman–Crippen LogP) is 4.05. The van der Waals surface area contributed by atoms with E-state index < -0.39 is 5.97 Å². The van der Waals surface area contributed by atoms with Gasteiger partial charge in [-0.15, -0.1) is 0 Å². The summed E-state index contributed by atoms with van der Waals surface area (Å²) in [6.45, 7) is 15.5. The van der Waals surface area contributed by atoms with Crippen LogP contribution in [0.15, 0.2) is 11.6 Å². The van der Waals surface area contributed by atoms with Crippen LogP contribution in [0.1, 0.15) is 54.9 Å². The second-order valence-corrected chi connectivity index (χ2v) is 6.26. The molecular formula is C14H25O3. The first-order chi connectivity index (χ1) is 7.57. The molecule has 0 saturated carbocycles. The molecule has 0 aromatic rings. The lowest BCUT2D eigenvalue weighted by Gasteiger charge is -2.30. The summed E-state index contributed by atoms with van der Waals surface area (Å²) in [4.78, 5) is 20.6. The quantitative estimate of drug-likeness (QED) is 0.414. The van der Waals surface area contributed by atoms with Gasteiger partial charge < -0.3 is 0 Å². The highest BCUT2D eigenvalue weighted by Crippen LogP contribution is 2.34. The monoisotopic (exact) mass is 241 g/mol. The lowest BCUT2D eigenvalue weighted by Crippen LogP contribution is -2.20. The van der Waals surface area contributed by atoms with Gasteiger partial charge in [-0.1, -0.05) is 40.7 Å². The standard InChI is InChI=1S/C14H25O3/c1-8-16-17-12(15)11(2)9-14(6,7)10-13(3,4)5/h8-9H,10H2,1-7H3/b11-9-. The van der Waals surface area contributed by atoms with Crippen molar-refractivity contribution in [3.63, 3.8) is 0 Å². The zero-order valence-electron chi connectivity index (χ0n) is 12.1. The van der Waals surface area contributed by atoms with Crippen LogP contribution in [0.5, 0.6) is 0 Å². The molecule has 3 nitrogen and oxygen atoms in total. The SMILES string of the molecule is C[CH]OOC(=O)/C(C)=C\C(C)(C)CC(C)(C)C. The number of carbonyl (C=O) groups excluding carboxylic acids is 1. The summed E-state index contributed by atoms with van der Waals surface area (Å²) in [5, 5.41) is 0. The van der Waals surface area contributed by atoms with Gasteiger partial charge in [-0.05, 0) is 31.1 Å². The van der Waals surface area contributed by atoms with Crippen LogP contribution in [0.25, 0.3) is 0 Å². The molecule has 0 aromatic heterocycles. The number of rotatable bonds is 5. The Morgan fingerprint density at radius 3 is 2.12 bits per heavy atom. The molecule has 0 aromatic carbocycles. The summed E-state index contributed by atoms with van der Waals surface area (Å²) in [6, 6.07) is 0. The largest absolute Gasteiger partial charge is 0.368 e. The number of hydrogen-bond acceptors (Lipinski definition) is 3. The molecule has 0 bridgehead atoms. The Labute approximate surface area is 105 Å². The maximum atomic E-state index is 11.5. The summed E-state index contributed by atoms with van der Waals surface area (Å²) < 4.78 is 0. The number of hydrogen-bond donors (Lipinski definition) is 0. The van der Waals surface area contributed by atoms with Crippen LogP contribution in [0.4, 0.5) is 0 Å². The van der Waals surface area contributed by atoms with E-state index in [1.165, 1.54) is 6.61 Å². The Bertz CT molecular complexity index is 282. The number of carbonyl (C=O) groups is 1. The van der Waals surface area contributed by atoms with E-state index in [1.807, 2.05) is 6.08 Å². The van der Waals surface area contributed by atoms with Crippen molar-refractivity contribution in [2.45, 2.75) is 54.9 Å². The Balaban J connectivity index is 4.59. The Morgan fingerprint density at radius 1 is 1.18 bits per heavy atom. The van der Waals surface area contributed by atoms with Gasteiger partial charge in [0.1, 0.15) is 6.61 Å². The van der Waals surface area contributed by atoms with Crippen LogP contribution in [-0.4, -0.2) is 5.97 Å². The van der Waals surface area contributed by atoms with Crippen molar-refractivity contribution in [2.24, 2.45) is 10.8 Å². The first-order valence-electron chi connectivity index (χ1n) is 5.92. The molecule has 0 heterocycles. The van der Waals surface area contributed by atoms with Crippen molar-refractivity contribution >= 4 is 5.97 Å². The molecule has 0 fully saturated rings. The highest BCUT2D eigenvalue weighted by Gasteiger charge is 2.24. The molecule has 17 heavy (non-hydrogen) atoms. The highest BCUT2D eigenvalue weighted by atomic mass is 17.2. The van der Waals surface area contributed by atoms with E-state index in [4.69, 9.17) is 0 Å². The molecule has 0 aliphatic carbocycles. The van der Waals surface area contributed by atoms with Crippen LogP contribution in [0.3, 0.4) is 0 Å². The molecule has 0 amide bonds. The van der Waals surface area contributed by atoms with Gasteiger partial charge in [0.15, 0.2) is 0 Å². The van der Waals surface area contributed by atoms with E-state index in [1.54, 1.807) is 13.8 Å². The molecule has 0 atom stereocenters. The second kappa shape index (κ2) is 6.20. The van der Waals surface area contributed by atoms with Crippen molar-refractivity contribution in [3.8, 4) is 0 Å². The van der Waals surface area contributed by atoms with Crippen LogP contribution < -0.4 is 0 Å². The lowest BCUT2D eigenvalue weighted by atomic mass is 9.75. The van der Waals surface area contributed by atoms with Gasteiger partial charge in [0.25, 0.3) is 0 Å². The fourth-order valence-electron chi connectivity index (χ4n) is 2.22. The van der Waals surface area contributed by atoms with Gasteiger partial charge in [0.2, 0.25) is 0 Å². The van der Waals surface area contributed by atoms with Crippen LogP contribution in [0, 0.1) is 17.4 Å². The van der Waals surface area contributed by atoms with Crippen molar-refractivity contribution in [1.82, 2.24) is 0 Å². The molecule has 0 spiro atoms. The summed E-state index contributed by atoms with van der Waals surface area (Å²) in [5.74, 6) is -0.440. The van der Waals surface area contributed by atoms with E-state index in [0.717, 1.165) is 6.42 Å². The third-order valence-electron chi connectivity index (χ3n) is 2.14. The van der Waals surface area contributed by atoms with Crippen LogP contribution in [-0.2, 0) is 14.6 Å². The molecule has 1 radical (unpaired) electrons. The minimum absolute atomic E-state index is 0.0444. The first-order valence-corrected chi connectivity index (χ1v) is 5.92. The molecule has 0 aliphatic rings. The van der Waals surface area contributed by atoms with E-state index in [-0.39, 0.29) is 10.8 Å². The van der Waals surface area contributed by atoms with E-state index in [2.05, 4.69) is 44.4 Å². The average molecular weight is 241 g/mol. The molecule has 0 unspecified atom stereocenters. The fourth-order valence-corrected chi connectivity index (χ4v) is 2.22. The van der Waals surface area contributed by atoms with Crippen molar-refractivity contribution in [3.05, 3.63) is 18.3 Å². The van der Waals surface area contributed by atoms with E-state index in [9.17, 15) is 4.79 Å². The van der Waals surface area contributed by atoms with Gasteiger partial charge in [-0.2, -0.15) is 4.89 Å². The van der Waals surface area contributed by atoms with Gasteiger partial charge in [-0.3, -0.25) is 4.89 Å². The molecule has 0 aliphatic heterocycles. The minimum atomic E-state index is -0.440. The van der Waals surface area contributed by atoms with Gasteiger partial charge in [-0.25, -0.2) is 4.79 Å². The van der Waals surface area contributed by atoms with Crippen molar-refractivity contribution < 1.29 is 14.6 Å². The normalized spacial score (nSPS) is 13.7. The molecule has 3 heteroatoms. The molecule has 99 valence electrons. The first kappa shape index (κ1) is 16.2. The topological polar surface area (TPSA) is 35.5 Å². The maximum Gasteiger partial charge on any atom is 0.368 e. The fraction of sp³-hybridized carbons (Fsp3) is 0.714. The second-order valence-electron chi connectivity index (χ2n) is 6.26. The molecular weight excluding hydrogens is 216 g/mol. The third-order valence-corrected chi connectivity index (χ3v) is 2.14. The summed E-state index contributed by atoms with van der Waals surface area (Å²) in [7, 11) is 0. The predicted molar refractivity (Wildman–Crippen MR) is 68.8 cm³/mol. The lowest BCUT2D eigenvalue weighted by molar-refractivity contribution is -0.246. The third kappa shape index (κ3) is 7.97.